The number of ether oxygens (including phenoxy) is 1. The van der Waals surface area contributed by atoms with Crippen LogP contribution < -0.4 is 10.1 Å². The highest BCUT2D eigenvalue weighted by atomic mass is 19.2. The van der Waals surface area contributed by atoms with Crippen LogP contribution in [-0.4, -0.2) is 18.7 Å². The summed E-state index contributed by atoms with van der Waals surface area (Å²) >= 11 is 0. The zero-order valence-corrected chi connectivity index (χ0v) is 8.11. The van der Waals surface area contributed by atoms with Crippen molar-refractivity contribution in [3.8, 4) is 5.75 Å². The highest BCUT2D eigenvalue weighted by Crippen LogP contribution is 2.25. The van der Waals surface area contributed by atoms with E-state index in [0.717, 1.165) is 12.1 Å². The van der Waals surface area contributed by atoms with Gasteiger partial charge in [0, 0.05) is 25.2 Å². The molecule has 0 saturated carbocycles. The number of benzene rings is 1. The smallest absolute Gasteiger partial charge is 0.194 e. The number of hydrogen-bond acceptors (Lipinski definition) is 2. The zero-order valence-electron chi connectivity index (χ0n) is 8.11. The zero-order chi connectivity index (χ0) is 11.1. The van der Waals surface area contributed by atoms with Gasteiger partial charge in [-0.1, -0.05) is 0 Å². The van der Waals surface area contributed by atoms with Crippen molar-refractivity contribution in [2.75, 3.05) is 13.1 Å². The first-order valence-corrected chi connectivity index (χ1v) is 4.54. The van der Waals surface area contributed by atoms with Crippen LogP contribution in [0.2, 0.25) is 0 Å². The molecule has 1 N–H and O–H groups in total. The van der Waals surface area contributed by atoms with Gasteiger partial charge in [0.1, 0.15) is 11.4 Å². The maximum atomic E-state index is 12.8. The molecule has 1 fully saturated rings. The monoisotopic (exact) mass is 217 g/mol. The molecule has 2 nitrogen and oxygen atoms in total. The summed E-state index contributed by atoms with van der Waals surface area (Å²) in [5.41, 5.74) is -0.462. The van der Waals surface area contributed by atoms with Gasteiger partial charge < -0.3 is 10.1 Å². The van der Waals surface area contributed by atoms with E-state index in [1.165, 1.54) is 0 Å². The average Bonchev–Trinajstić information content (AvgIpc) is 2.11. The molecule has 82 valence electrons. The van der Waals surface area contributed by atoms with Gasteiger partial charge >= 0.3 is 0 Å². The predicted molar refractivity (Wildman–Crippen MR) is 48.2 cm³/mol. The van der Waals surface area contributed by atoms with Gasteiger partial charge in [0.05, 0.1) is 0 Å². The van der Waals surface area contributed by atoms with Gasteiger partial charge in [-0.05, 0) is 6.92 Å². The minimum atomic E-state index is -1.47. The van der Waals surface area contributed by atoms with Crippen molar-refractivity contribution in [3.05, 3.63) is 29.6 Å². The topological polar surface area (TPSA) is 21.3 Å². The molecule has 0 bridgehead atoms. The minimum absolute atomic E-state index is 0.00963. The van der Waals surface area contributed by atoms with Gasteiger partial charge in [0.25, 0.3) is 0 Å². The molecule has 1 aromatic carbocycles. The molecule has 0 aromatic heterocycles. The van der Waals surface area contributed by atoms with E-state index in [0.29, 0.717) is 13.1 Å². The Bertz CT molecular complexity index is 367. The van der Waals surface area contributed by atoms with E-state index in [-0.39, 0.29) is 5.75 Å². The highest BCUT2D eigenvalue weighted by Gasteiger charge is 2.34. The van der Waals surface area contributed by atoms with Crippen molar-refractivity contribution in [1.29, 1.82) is 0 Å². The van der Waals surface area contributed by atoms with Crippen LogP contribution in [0.5, 0.6) is 5.75 Å². The van der Waals surface area contributed by atoms with E-state index >= 15 is 0 Å². The number of hydrogen-bond donors (Lipinski definition) is 1. The molecule has 1 aromatic rings. The molecule has 1 aliphatic rings. The maximum absolute atomic E-state index is 12.8. The molecule has 15 heavy (non-hydrogen) atoms. The van der Waals surface area contributed by atoms with E-state index in [2.05, 4.69) is 5.32 Å². The Hall–Kier alpha value is -1.23. The Morgan fingerprint density at radius 2 is 1.73 bits per heavy atom. The van der Waals surface area contributed by atoms with Crippen molar-refractivity contribution < 1.29 is 17.9 Å². The van der Waals surface area contributed by atoms with Crippen molar-refractivity contribution in [2.45, 2.75) is 12.5 Å². The van der Waals surface area contributed by atoms with Crippen LogP contribution in [0, 0.1) is 17.5 Å². The van der Waals surface area contributed by atoms with Crippen molar-refractivity contribution in [2.24, 2.45) is 0 Å². The lowest BCUT2D eigenvalue weighted by molar-refractivity contribution is 0.0341. The summed E-state index contributed by atoms with van der Waals surface area (Å²) in [6, 6.07) is 1.70. The fraction of sp³-hybridized carbons (Fsp3) is 0.400. The van der Waals surface area contributed by atoms with Crippen LogP contribution in [0.25, 0.3) is 0 Å². The summed E-state index contributed by atoms with van der Waals surface area (Å²) in [6.07, 6.45) is 0. The summed E-state index contributed by atoms with van der Waals surface area (Å²) in [5.74, 6) is -3.93. The summed E-state index contributed by atoms with van der Waals surface area (Å²) in [6.45, 7) is 3.02. The van der Waals surface area contributed by atoms with Crippen molar-refractivity contribution >= 4 is 0 Å². The van der Waals surface area contributed by atoms with Gasteiger partial charge in [-0.25, -0.2) is 13.2 Å². The molecule has 1 saturated heterocycles. The summed E-state index contributed by atoms with van der Waals surface area (Å²) in [7, 11) is 0. The Kier molecular flexibility index (Phi) is 2.34. The molecule has 0 amide bonds. The quantitative estimate of drug-likeness (QED) is 0.763. The molecule has 1 aliphatic heterocycles. The van der Waals surface area contributed by atoms with E-state index in [4.69, 9.17) is 4.74 Å². The van der Waals surface area contributed by atoms with Crippen LogP contribution in [-0.2, 0) is 0 Å². The third kappa shape index (κ3) is 1.92. The molecule has 5 heteroatoms. The lowest BCUT2D eigenvalue weighted by Gasteiger charge is -2.39. The van der Waals surface area contributed by atoms with Gasteiger partial charge in [-0.15, -0.1) is 0 Å². The predicted octanol–water partition coefficient (Wildman–Crippen LogP) is 1.84. The second-order valence-corrected chi connectivity index (χ2v) is 3.86. The highest BCUT2D eigenvalue weighted by molar-refractivity contribution is 5.26. The molecular formula is C10H10F3NO. The third-order valence-electron chi connectivity index (χ3n) is 2.32. The molecule has 1 heterocycles. The first-order chi connectivity index (χ1) is 7.00. The SMILES string of the molecule is CC1(Oc2cc(F)c(F)c(F)c2)CNC1. The number of rotatable bonds is 2. The Morgan fingerprint density at radius 3 is 2.13 bits per heavy atom. The average molecular weight is 217 g/mol. The van der Waals surface area contributed by atoms with Crippen molar-refractivity contribution in [1.82, 2.24) is 5.32 Å². The van der Waals surface area contributed by atoms with Crippen LogP contribution in [0.4, 0.5) is 13.2 Å². The first kappa shape index (κ1) is 10.3. The molecule has 0 unspecified atom stereocenters. The van der Waals surface area contributed by atoms with Gasteiger partial charge in [0.15, 0.2) is 17.5 Å². The fourth-order valence-electron chi connectivity index (χ4n) is 1.42. The molecule has 0 spiro atoms. The molecular weight excluding hydrogens is 207 g/mol. The Morgan fingerprint density at radius 1 is 1.20 bits per heavy atom. The van der Waals surface area contributed by atoms with E-state index in [1.54, 1.807) is 0 Å². The van der Waals surface area contributed by atoms with Crippen LogP contribution in [0.3, 0.4) is 0 Å². The first-order valence-electron chi connectivity index (χ1n) is 4.54. The molecule has 0 radical (unpaired) electrons. The van der Waals surface area contributed by atoms with Gasteiger partial charge in [0.2, 0.25) is 0 Å². The second kappa shape index (κ2) is 3.41. The molecule has 2 rings (SSSR count). The largest absolute Gasteiger partial charge is 0.485 e. The van der Waals surface area contributed by atoms with Crippen LogP contribution in [0.1, 0.15) is 6.92 Å². The Labute approximate surface area is 85.0 Å². The Balaban J connectivity index is 2.22. The van der Waals surface area contributed by atoms with Gasteiger partial charge in [-0.2, -0.15) is 0 Å². The number of halogens is 3. The standard InChI is InChI=1S/C10H10F3NO/c1-10(4-14-5-10)15-6-2-7(11)9(13)8(12)3-6/h2-3,14H,4-5H2,1H3. The van der Waals surface area contributed by atoms with Crippen LogP contribution in [0.15, 0.2) is 12.1 Å². The molecule has 0 aliphatic carbocycles. The van der Waals surface area contributed by atoms with E-state index in [9.17, 15) is 13.2 Å². The van der Waals surface area contributed by atoms with E-state index < -0.39 is 23.1 Å². The summed E-state index contributed by atoms with van der Waals surface area (Å²) in [4.78, 5) is 0. The minimum Gasteiger partial charge on any atom is -0.485 e. The summed E-state index contributed by atoms with van der Waals surface area (Å²) < 4.78 is 43.6. The van der Waals surface area contributed by atoms with E-state index in [1.807, 2.05) is 6.92 Å². The lowest BCUT2D eigenvalue weighted by Crippen LogP contribution is -2.61. The fourth-order valence-corrected chi connectivity index (χ4v) is 1.42. The lowest BCUT2D eigenvalue weighted by atomic mass is 10.00. The second-order valence-electron chi connectivity index (χ2n) is 3.86. The van der Waals surface area contributed by atoms with Crippen LogP contribution >= 0.6 is 0 Å². The normalized spacial score (nSPS) is 18.4. The third-order valence-corrected chi connectivity index (χ3v) is 2.32. The van der Waals surface area contributed by atoms with Gasteiger partial charge in [-0.3, -0.25) is 0 Å². The maximum Gasteiger partial charge on any atom is 0.194 e. The summed E-state index contributed by atoms with van der Waals surface area (Å²) in [5, 5.41) is 2.98. The number of nitrogens with one attached hydrogen (secondary N) is 1. The van der Waals surface area contributed by atoms with Crippen molar-refractivity contribution in [3.63, 3.8) is 0 Å². The molecule has 0 atom stereocenters.